The summed E-state index contributed by atoms with van der Waals surface area (Å²) in [6, 6.07) is 8.98. The Morgan fingerprint density at radius 1 is 1.15 bits per heavy atom. The maximum Gasteiger partial charge on any atom is 0.0345 e. The van der Waals surface area contributed by atoms with Crippen LogP contribution in [-0.4, -0.2) is 25.5 Å². The van der Waals surface area contributed by atoms with Crippen LogP contribution in [0.1, 0.15) is 30.7 Å². The van der Waals surface area contributed by atoms with Gasteiger partial charge in [-0.3, -0.25) is 0 Å². The summed E-state index contributed by atoms with van der Waals surface area (Å²) in [7, 11) is 4.46. The van der Waals surface area contributed by atoms with Crippen LogP contribution in [0.3, 0.4) is 0 Å². The Morgan fingerprint density at radius 3 is 2.80 bits per heavy atom. The zero-order valence-corrected chi connectivity index (χ0v) is 13.2. The van der Waals surface area contributed by atoms with Gasteiger partial charge in [0.15, 0.2) is 0 Å². The van der Waals surface area contributed by atoms with Crippen LogP contribution < -0.4 is 0 Å². The molecule has 2 aliphatic carbocycles. The van der Waals surface area contributed by atoms with Crippen molar-refractivity contribution in [2.45, 2.75) is 25.2 Å². The van der Waals surface area contributed by atoms with Crippen molar-refractivity contribution < 1.29 is 0 Å². The van der Waals surface area contributed by atoms with Crippen molar-refractivity contribution in [3.63, 3.8) is 0 Å². The van der Waals surface area contributed by atoms with Crippen LogP contribution in [0, 0.1) is 17.8 Å². The van der Waals surface area contributed by atoms with Crippen molar-refractivity contribution in [2.75, 3.05) is 20.6 Å². The molecule has 2 aliphatic rings. The van der Waals surface area contributed by atoms with Crippen LogP contribution >= 0.6 is 11.3 Å². The van der Waals surface area contributed by atoms with Gasteiger partial charge in [0.05, 0.1) is 0 Å². The fourth-order valence-corrected chi connectivity index (χ4v) is 5.84. The van der Waals surface area contributed by atoms with Crippen LogP contribution in [0.2, 0.25) is 0 Å². The number of benzene rings is 1. The first kappa shape index (κ1) is 12.8. The Labute approximate surface area is 125 Å². The number of fused-ring (bicyclic) bond motifs is 3. The number of hydrogen-bond donors (Lipinski definition) is 0. The summed E-state index contributed by atoms with van der Waals surface area (Å²) in [5, 5.41) is 3.98. The highest BCUT2D eigenvalue weighted by atomic mass is 32.1. The molecule has 0 amide bonds. The molecule has 1 nitrogen and oxygen atoms in total. The molecule has 0 spiro atoms. The van der Waals surface area contributed by atoms with Crippen LogP contribution in [0.4, 0.5) is 0 Å². The van der Waals surface area contributed by atoms with E-state index in [1.54, 1.807) is 5.56 Å². The topological polar surface area (TPSA) is 3.24 Å². The maximum atomic E-state index is 2.46. The van der Waals surface area contributed by atoms with Crippen molar-refractivity contribution in [2.24, 2.45) is 17.8 Å². The Bertz CT molecular complexity index is 615. The molecule has 4 unspecified atom stereocenters. The van der Waals surface area contributed by atoms with Gasteiger partial charge in [0.25, 0.3) is 0 Å². The van der Waals surface area contributed by atoms with Gasteiger partial charge in [-0.2, -0.15) is 0 Å². The van der Waals surface area contributed by atoms with Crippen molar-refractivity contribution in [3.8, 4) is 0 Å². The predicted molar refractivity (Wildman–Crippen MR) is 87.4 cm³/mol. The second-order valence-corrected chi connectivity index (χ2v) is 7.88. The lowest BCUT2D eigenvalue weighted by atomic mass is 9.75. The highest BCUT2D eigenvalue weighted by Gasteiger charge is 2.48. The van der Waals surface area contributed by atoms with E-state index >= 15 is 0 Å². The molecule has 2 fully saturated rings. The number of rotatable bonds is 3. The van der Waals surface area contributed by atoms with Gasteiger partial charge >= 0.3 is 0 Å². The quantitative estimate of drug-likeness (QED) is 0.797. The molecule has 0 aliphatic heterocycles. The molecule has 0 N–H and O–H groups in total. The molecule has 1 aromatic carbocycles. The molecule has 2 bridgehead atoms. The normalized spacial score (nSPS) is 32.5. The largest absolute Gasteiger partial charge is 0.309 e. The van der Waals surface area contributed by atoms with Crippen LogP contribution in [0.15, 0.2) is 29.6 Å². The zero-order valence-electron chi connectivity index (χ0n) is 12.4. The number of hydrogen-bond acceptors (Lipinski definition) is 2. The van der Waals surface area contributed by atoms with Crippen molar-refractivity contribution in [1.82, 2.24) is 4.90 Å². The van der Waals surface area contributed by atoms with Crippen molar-refractivity contribution in [3.05, 3.63) is 35.2 Å². The lowest BCUT2D eigenvalue weighted by Crippen LogP contribution is -2.30. The third-order valence-corrected chi connectivity index (χ3v) is 6.52. The first-order chi connectivity index (χ1) is 9.74. The Kier molecular flexibility index (Phi) is 3.12. The Balaban J connectivity index is 1.75. The van der Waals surface area contributed by atoms with Crippen LogP contribution in [0.25, 0.3) is 10.1 Å². The van der Waals surface area contributed by atoms with E-state index in [-0.39, 0.29) is 0 Å². The predicted octanol–water partition coefficient (Wildman–Crippen LogP) is 4.59. The van der Waals surface area contributed by atoms with Crippen molar-refractivity contribution in [1.29, 1.82) is 0 Å². The average Bonchev–Trinajstić information content (AvgIpc) is 3.11. The van der Waals surface area contributed by atoms with E-state index in [9.17, 15) is 0 Å². The summed E-state index contributed by atoms with van der Waals surface area (Å²) in [5.41, 5.74) is 1.66. The van der Waals surface area contributed by atoms with Gasteiger partial charge in [-0.25, -0.2) is 0 Å². The summed E-state index contributed by atoms with van der Waals surface area (Å²) < 4.78 is 1.47. The Hall–Kier alpha value is -0.860. The summed E-state index contributed by atoms with van der Waals surface area (Å²) >= 11 is 1.94. The minimum absolute atomic E-state index is 0.812. The fraction of sp³-hybridized carbons (Fsp3) is 0.556. The van der Waals surface area contributed by atoms with Gasteiger partial charge in [-0.15, -0.1) is 11.3 Å². The molecular weight excluding hydrogens is 262 g/mol. The van der Waals surface area contributed by atoms with E-state index in [1.807, 2.05) is 11.3 Å². The Morgan fingerprint density at radius 2 is 1.95 bits per heavy atom. The third kappa shape index (κ3) is 1.93. The van der Waals surface area contributed by atoms with Gasteiger partial charge in [0.2, 0.25) is 0 Å². The van der Waals surface area contributed by atoms with Crippen LogP contribution in [-0.2, 0) is 0 Å². The monoisotopic (exact) mass is 285 g/mol. The molecule has 106 valence electrons. The molecule has 2 heteroatoms. The van der Waals surface area contributed by atoms with Gasteiger partial charge < -0.3 is 4.90 Å². The zero-order chi connectivity index (χ0) is 13.7. The van der Waals surface area contributed by atoms with E-state index in [4.69, 9.17) is 0 Å². The second-order valence-electron chi connectivity index (χ2n) is 6.97. The fourth-order valence-electron chi connectivity index (χ4n) is 4.84. The molecule has 1 heterocycles. The molecule has 2 aromatic rings. The number of thiophene rings is 1. The number of nitrogens with zero attached hydrogens (tertiary/aromatic N) is 1. The second kappa shape index (κ2) is 4.85. The van der Waals surface area contributed by atoms with Gasteiger partial charge in [0, 0.05) is 11.2 Å². The molecular formula is C18H23NS. The van der Waals surface area contributed by atoms with Gasteiger partial charge in [0.1, 0.15) is 0 Å². The molecule has 0 radical (unpaired) electrons. The summed E-state index contributed by atoms with van der Waals surface area (Å²) in [6.07, 6.45) is 4.42. The van der Waals surface area contributed by atoms with E-state index < -0.39 is 0 Å². The third-order valence-electron chi connectivity index (χ3n) is 5.53. The minimum atomic E-state index is 0.812. The molecule has 20 heavy (non-hydrogen) atoms. The first-order valence-corrected chi connectivity index (χ1v) is 8.73. The maximum absolute atomic E-state index is 2.46. The van der Waals surface area contributed by atoms with E-state index in [2.05, 4.69) is 48.6 Å². The highest BCUT2D eigenvalue weighted by Crippen LogP contribution is 2.58. The lowest BCUT2D eigenvalue weighted by Gasteiger charge is -2.33. The first-order valence-electron chi connectivity index (χ1n) is 7.85. The highest BCUT2D eigenvalue weighted by molar-refractivity contribution is 7.17. The van der Waals surface area contributed by atoms with Crippen LogP contribution in [0.5, 0.6) is 0 Å². The van der Waals surface area contributed by atoms with Gasteiger partial charge in [-0.05, 0) is 79.4 Å². The van der Waals surface area contributed by atoms with Crippen molar-refractivity contribution >= 4 is 21.4 Å². The lowest BCUT2D eigenvalue weighted by molar-refractivity contribution is 0.220. The average molecular weight is 285 g/mol. The smallest absolute Gasteiger partial charge is 0.0345 e. The van der Waals surface area contributed by atoms with E-state index in [0.717, 1.165) is 23.7 Å². The SMILES string of the molecule is CN(C)CC1C2CCC(C2)C1c1csc2ccccc12. The molecule has 0 saturated heterocycles. The molecule has 4 rings (SSSR count). The van der Waals surface area contributed by atoms with Gasteiger partial charge in [-0.1, -0.05) is 18.2 Å². The summed E-state index contributed by atoms with van der Waals surface area (Å²) in [6.45, 7) is 1.26. The molecule has 1 aromatic heterocycles. The standard InChI is InChI=1S/C18H23NS/c1-19(2)10-15-12-7-8-13(9-12)18(15)16-11-20-17-6-4-3-5-14(16)17/h3-6,11-13,15,18H,7-10H2,1-2H3. The summed E-state index contributed by atoms with van der Waals surface area (Å²) in [4.78, 5) is 2.40. The van der Waals surface area contributed by atoms with E-state index in [0.29, 0.717) is 0 Å². The minimum Gasteiger partial charge on any atom is -0.309 e. The summed E-state index contributed by atoms with van der Waals surface area (Å²) in [5.74, 6) is 3.61. The molecule has 4 atom stereocenters. The molecule has 2 saturated carbocycles. The van der Waals surface area contributed by atoms with E-state index in [1.165, 1.54) is 35.9 Å².